The zero-order valence-electron chi connectivity index (χ0n) is 34.2. The number of nitrogens with zero attached hydrogens (tertiary/aromatic N) is 2. The smallest absolute Gasteiger partial charge is 0.294 e. The first kappa shape index (κ1) is 44.5. The Hall–Kier alpha value is -7.10. The van der Waals surface area contributed by atoms with Gasteiger partial charge in [-0.05, 0) is 110 Å². The molecule has 0 atom stereocenters. The number of rotatable bonds is 7. The number of pyridine rings is 2. The molecular formula is C48H44N4O8S2+2. The summed E-state index contributed by atoms with van der Waals surface area (Å²) in [5.74, 6) is -0.332. The molecule has 0 fully saturated rings. The summed E-state index contributed by atoms with van der Waals surface area (Å²) in [4.78, 5) is 25.6. The van der Waals surface area contributed by atoms with Gasteiger partial charge in [-0.25, -0.2) is 9.13 Å². The lowest BCUT2D eigenvalue weighted by Crippen LogP contribution is -2.27. The molecule has 0 bridgehead atoms. The van der Waals surface area contributed by atoms with Crippen LogP contribution in [0.1, 0.15) is 31.8 Å². The summed E-state index contributed by atoms with van der Waals surface area (Å²) >= 11 is 0. The maximum absolute atomic E-state index is 12.9. The number of fused-ring (bicyclic) bond motifs is 2. The van der Waals surface area contributed by atoms with E-state index in [1.165, 1.54) is 24.3 Å². The number of carbonyl (C=O) groups is 2. The zero-order valence-corrected chi connectivity index (χ0v) is 35.9. The van der Waals surface area contributed by atoms with E-state index in [9.17, 15) is 26.4 Å². The first-order valence-electron chi connectivity index (χ1n) is 19.1. The van der Waals surface area contributed by atoms with Gasteiger partial charge in [-0.15, -0.1) is 0 Å². The molecule has 0 spiro atoms. The third kappa shape index (κ3) is 11.6. The molecule has 0 saturated heterocycles. The van der Waals surface area contributed by atoms with Crippen LogP contribution in [0.3, 0.4) is 0 Å². The Kier molecular flexibility index (Phi) is 13.7. The number of aryl methyl sites for hydroxylation is 4. The van der Waals surface area contributed by atoms with Crippen molar-refractivity contribution in [1.29, 1.82) is 0 Å². The van der Waals surface area contributed by atoms with E-state index in [1.54, 1.807) is 24.3 Å². The number of carbonyl (C=O) groups excluding carboxylic acids is 2. The number of amides is 2. The molecule has 12 nitrogen and oxygen atoms in total. The number of nitrogens with one attached hydrogen (secondary N) is 2. The summed E-state index contributed by atoms with van der Waals surface area (Å²) in [7, 11) is -4.05. The van der Waals surface area contributed by atoms with Crippen molar-refractivity contribution < 1.29 is 44.7 Å². The van der Waals surface area contributed by atoms with Crippen LogP contribution in [-0.2, 0) is 34.3 Å². The summed E-state index contributed by atoms with van der Waals surface area (Å²) in [5.41, 5.74) is 8.67. The first-order valence-corrected chi connectivity index (χ1v) is 22.0. The predicted molar refractivity (Wildman–Crippen MR) is 240 cm³/mol. The van der Waals surface area contributed by atoms with Crippen molar-refractivity contribution in [3.63, 3.8) is 0 Å². The maximum atomic E-state index is 12.9. The molecule has 0 unspecified atom stereocenters. The third-order valence-corrected chi connectivity index (χ3v) is 11.5. The molecule has 2 aromatic heterocycles. The van der Waals surface area contributed by atoms with Crippen molar-refractivity contribution in [2.75, 3.05) is 10.6 Å². The fraction of sp³-hybridized carbons (Fsp3) is 0.0833. The molecule has 0 aliphatic carbocycles. The van der Waals surface area contributed by atoms with Crippen molar-refractivity contribution in [3.05, 3.63) is 192 Å². The van der Waals surface area contributed by atoms with Crippen LogP contribution in [-0.4, -0.2) is 37.8 Å². The normalized spacial score (nSPS) is 11.1. The van der Waals surface area contributed by atoms with Crippen LogP contribution in [0, 0.1) is 13.8 Å². The highest BCUT2D eigenvalue weighted by atomic mass is 32.2. The second-order valence-electron chi connectivity index (χ2n) is 14.4. The van der Waals surface area contributed by atoms with E-state index in [0.29, 0.717) is 11.1 Å². The Morgan fingerprint density at radius 3 is 1.13 bits per heavy atom. The van der Waals surface area contributed by atoms with E-state index in [-0.39, 0.29) is 21.6 Å². The second kappa shape index (κ2) is 19.1. The summed E-state index contributed by atoms with van der Waals surface area (Å²) in [6, 6.07) is 46.7. The van der Waals surface area contributed by atoms with Gasteiger partial charge in [0.2, 0.25) is 11.0 Å². The SMILES string of the molecule is C[n+]1cccc2cc(NC(=O)c3ccc(-c4ccc(C(=O)Nc5ccc6c(ccc[n+]6C)c5)cc4)cc3)ccc21.Cc1ccc(S(=O)(=O)O)cc1.Cc1ccc(S(=O)(=O)O)cc1. The number of hydrogen-bond donors (Lipinski definition) is 4. The first-order chi connectivity index (χ1) is 29.4. The Bertz CT molecular complexity index is 2910. The highest BCUT2D eigenvalue weighted by Crippen LogP contribution is 2.23. The highest BCUT2D eigenvalue weighted by Gasteiger charge is 2.13. The lowest BCUT2D eigenvalue weighted by Gasteiger charge is -2.09. The molecule has 2 amide bonds. The lowest BCUT2D eigenvalue weighted by molar-refractivity contribution is -0.645. The minimum Gasteiger partial charge on any atom is -0.322 e. The van der Waals surface area contributed by atoms with Crippen LogP contribution in [0.2, 0.25) is 0 Å². The number of benzene rings is 6. The van der Waals surface area contributed by atoms with E-state index < -0.39 is 20.2 Å². The van der Waals surface area contributed by atoms with Crippen molar-refractivity contribution in [2.45, 2.75) is 23.6 Å². The van der Waals surface area contributed by atoms with Gasteiger partial charge < -0.3 is 10.6 Å². The molecule has 0 aliphatic rings. The van der Waals surface area contributed by atoms with Gasteiger partial charge in [0, 0.05) is 57.5 Å². The maximum Gasteiger partial charge on any atom is 0.294 e. The van der Waals surface area contributed by atoms with Crippen molar-refractivity contribution in [1.82, 2.24) is 0 Å². The molecular weight excluding hydrogens is 825 g/mol. The quantitative estimate of drug-likeness (QED) is 0.0914. The summed E-state index contributed by atoms with van der Waals surface area (Å²) < 4.78 is 63.2. The molecule has 314 valence electrons. The fourth-order valence-corrected chi connectivity index (χ4v) is 7.30. The average molecular weight is 869 g/mol. The van der Waals surface area contributed by atoms with Crippen molar-refractivity contribution in [2.24, 2.45) is 14.1 Å². The van der Waals surface area contributed by atoms with Crippen LogP contribution in [0.5, 0.6) is 0 Å². The van der Waals surface area contributed by atoms with E-state index in [1.807, 2.05) is 159 Å². The van der Waals surface area contributed by atoms with Gasteiger partial charge in [0.15, 0.2) is 12.4 Å². The molecule has 0 radical (unpaired) electrons. The van der Waals surface area contributed by atoms with Crippen LogP contribution in [0.15, 0.2) is 180 Å². The van der Waals surface area contributed by atoms with Crippen LogP contribution in [0.25, 0.3) is 32.9 Å². The number of aromatic nitrogens is 2. The highest BCUT2D eigenvalue weighted by molar-refractivity contribution is 7.86. The topological polar surface area (TPSA) is 175 Å². The van der Waals surface area contributed by atoms with E-state index in [2.05, 4.69) is 10.6 Å². The minimum absolute atomic E-state index is 0.0666. The molecule has 14 heteroatoms. The van der Waals surface area contributed by atoms with E-state index >= 15 is 0 Å². The van der Waals surface area contributed by atoms with Crippen LogP contribution >= 0.6 is 0 Å². The summed E-state index contributed by atoms with van der Waals surface area (Å²) in [5, 5.41) is 8.09. The van der Waals surface area contributed by atoms with Gasteiger partial charge in [0.25, 0.3) is 32.1 Å². The summed E-state index contributed by atoms with van der Waals surface area (Å²) in [6.45, 7) is 3.68. The van der Waals surface area contributed by atoms with Gasteiger partial charge in [0.05, 0.1) is 9.79 Å². The monoisotopic (exact) mass is 868 g/mol. The third-order valence-electron chi connectivity index (χ3n) is 9.77. The number of anilines is 2. The lowest BCUT2D eigenvalue weighted by atomic mass is 10.0. The Morgan fingerprint density at radius 2 is 0.806 bits per heavy atom. The largest absolute Gasteiger partial charge is 0.322 e. The Balaban J connectivity index is 0.000000237. The second-order valence-corrected chi connectivity index (χ2v) is 17.3. The average Bonchev–Trinajstić information content (AvgIpc) is 3.24. The molecule has 6 aromatic carbocycles. The predicted octanol–water partition coefficient (Wildman–Crippen LogP) is 8.30. The Morgan fingerprint density at radius 1 is 0.468 bits per heavy atom. The minimum atomic E-state index is -4.02. The molecule has 0 saturated carbocycles. The Labute approximate surface area is 360 Å². The van der Waals surface area contributed by atoms with Gasteiger partial charge in [-0.1, -0.05) is 59.7 Å². The molecule has 0 aliphatic heterocycles. The molecule has 62 heavy (non-hydrogen) atoms. The molecule has 2 heterocycles. The summed E-state index contributed by atoms with van der Waals surface area (Å²) in [6.07, 6.45) is 3.99. The van der Waals surface area contributed by atoms with Gasteiger partial charge in [0.1, 0.15) is 14.1 Å². The molecule has 4 N–H and O–H groups in total. The van der Waals surface area contributed by atoms with E-state index in [0.717, 1.165) is 55.4 Å². The zero-order chi connectivity index (χ0) is 44.6. The fourth-order valence-electron chi connectivity index (χ4n) is 6.34. The van der Waals surface area contributed by atoms with Crippen LogP contribution in [0.4, 0.5) is 11.4 Å². The van der Waals surface area contributed by atoms with Gasteiger partial charge in [-0.3, -0.25) is 18.7 Å². The molecule has 8 aromatic rings. The van der Waals surface area contributed by atoms with Gasteiger partial charge in [-0.2, -0.15) is 16.8 Å². The molecule has 8 rings (SSSR count). The standard InChI is InChI=1S/C34H26N4O2.2C7H8O3S/c1-37-19-3-5-27-21-29(15-17-31(27)37)35-33(39)25-11-7-23(8-12-25)24-9-13-26(14-10-24)34(40)36-30-16-18-32-28(22-30)6-4-20-38(32)2;2*1-6-2-4-7(5-3-6)11(8,9)10/h3-22H,1-2H3;2*2-5H,1H3,(H,8,9,10)/p+2. The van der Waals surface area contributed by atoms with Gasteiger partial charge >= 0.3 is 0 Å². The van der Waals surface area contributed by atoms with Crippen molar-refractivity contribution in [3.8, 4) is 11.1 Å². The number of hydrogen-bond acceptors (Lipinski definition) is 6. The van der Waals surface area contributed by atoms with Crippen LogP contribution < -0.4 is 19.8 Å². The van der Waals surface area contributed by atoms with E-state index in [4.69, 9.17) is 9.11 Å². The van der Waals surface area contributed by atoms with Crippen molar-refractivity contribution >= 4 is 65.2 Å².